The first-order chi connectivity index (χ1) is 7.11. The van der Waals surface area contributed by atoms with E-state index in [4.69, 9.17) is 27.9 Å². The van der Waals surface area contributed by atoms with Crippen molar-refractivity contribution in [2.75, 3.05) is 6.61 Å². The number of halogens is 3. The van der Waals surface area contributed by atoms with E-state index in [2.05, 4.69) is 15.9 Å². The highest BCUT2D eigenvalue weighted by atomic mass is 79.9. The van der Waals surface area contributed by atoms with Crippen LogP contribution in [0.2, 0.25) is 5.02 Å². The summed E-state index contributed by atoms with van der Waals surface area (Å²) < 4.78 is 5.56. The van der Waals surface area contributed by atoms with Gasteiger partial charge in [0, 0.05) is 10.4 Å². The first kappa shape index (κ1) is 12.8. The van der Waals surface area contributed by atoms with Gasteiger partial charge in [0.25, 0.3) is 0 Å². The summed E-state index contributed by atoms with van der Waals surface area (Å²) in [6.07, 6.45) is 0. The monoisotopic (exact) mass is 310 g/mol. The zero-order valence-electron chi connectivity index (χ0n) is 8.02. The lowest BCUT2D eigenvalue weighted by atomic mass is 10.1. The van der Waals surface area contributed by atoms with Gasteiger partial charge in [-0.2, -0.15) is 0 Å². The lowest BCUT2D eigenvalue weighted by molar-refractivity contribution is 0.0525. The Morgan fingerprint density at radius 3 is 2.73 bits per heavy atom. The lowest BCUT2D eigenvalue weighted by Crippen LogP contribution is -2.08. The minimum atomic E-state index is -0.445. The van der Waals surface area contributed by atoms with Crippen molar-refractivity contribution in [2.24, 2.45) is 0 Å². The van der Waals surface area contributed by atoms with Crippen molar-refractivity contribution >= 4 is 45.1 Å². The van der Waals surface area contributed by atoms with E-state index in [0.29, 0.717) is 27.2 Å². The van der Waals surface area contributed by atoms with Gasteiger partial charge in [0.2, 0.25) is 0 Å². The van der Waals surface area contributed by atoms with E-state index in [1.807, 2.05) is 0 Å². The van der Waals surface area contributed by atoms with Crippen LogP contribution in [0.4, 0.5) is 0 Å². The maximum atomic E-state index is 11.6. The Morgan fingerprint density at radius 2 is 2.20 bits per heavy atom. The normalized spacial score (nSPS) is 10.1. The molecule has 0 amide bonds. The fourth-order valence-electron chi connectivity index (χ4n) is 1.13. The molecule has 0 aliphatic rings. The molecule has 0 saturated heterocycles. The van der Waals surface area contributed by atoms with Gasteiger partial charge in [0.15, 0.2) is 0 Å². The molecule has 1 aromatic rings. The molecule has 0 unspecified atom stereocenters. The molecule has 0 aliphatic carbocycles. The summed E-state index contributed by atoms with van der Waals surface area (Å²) in [6, 6.07) is 3.50. The number of hydrogen-bond donors (Lipinski definition) is 0. The number of esters is 1. The fraction of sp³-hybridized carbons (Fsp3) is 0.300. The summed E-state index contributed by atoms with van der Waals surface area (Å²) in [5.41, 5.74) is 1.01. The molecule has 0 heterocycles. The number of rotatable bonds is 3. The second-order valence-corrected chi connectivity index (χ2v) is 4.25. The topological polar surface area (TPSA) is 26.3 Å². The molecule has 1 rings (SSSR count). The summed E-state index contributed by atoms with van der Waals surface area (Å²) >= 11 is 15.0. The predicted molar refractivity (Wildman–Crippen MR) is 64.7 cm³/mol. The number of benzene rings is 1. The quantitative estimate of drug-likeness (QED) is 0.622. The number of carbonyl (C=O) groups excluding carboxylic acids is 1. The molecule has 82 valence electrons. The van der Waals surface area contributed by atoms with Crippen molar-refractivity contribution in [3.63, 3.8) is 0 Å². The Labute approximate surface area is 107 Å². The first-order valence-electron chi connectivity index (χ1n) is 4.31. The molecule has 0 N–H and O–H groups in total. The van der Waals surface area contributed by atoms with Crippen LogP contribution in [0.1, 0.15) is 22.8 Å². The Bertz CT molecular complexity index is 380. The van der Waals surface area contributed by atoms with E-state index in [-0.39, 0.29) is 5.88 Å². The fourth-order valence-corrected chi connectivity index (χ4v) is 1.94. The first-order valence-corrected chi connectivity index (χ1v) is 6.02. The van der Waals surface area contributed by atoms with Crippen molar-refractivity contribution in [1.29, 1.82) is 0 Å². The SMILES string of the molecule is CCOC(=O)c1c(CCl)ccc(Br)c1Cl. The van der Waals surface area contributed by atoms with Crippen molar-refractivity contribution in [3.05, 3.63) is 32.8 Å². The van der Waals surface area contributed by atoms with E-state index >= 15 is 0 Å². The van der Waals surface area contributed by atoms with Gasteiger partial charge in [-0.25, -0.2) is 4.79 Å². The average molecular weight is 312 g/mol. The lowest BCUT2D eigenvalue weighted by Gasteiger charge is -2.09. The standard InChI is InChI=1S/C10H9BrCl2O2/c1-2-15-10(14)8-6(5-12)3-4-7(11)9(8)13/h3-4H,2,5H2,1H3. The van der Waals surface area contributed by atoms with Gasteiger partial charge in [-0.3, -0.25) is 0 Å². The van der Waals surface area contributed by atoms with E-state index < -0.39 is 5.97 Å². The van der Waals surface area contributed by atoms with Gasteiger partial charge in [0.1, 0.15) is 0 Å². The molecule has 15 heavy (non-hydrogen) atoms. The molecule has 2 nitrogen and oxygen atoms in total. The highest BCUT2D eigenvalue weighted by Gasteiger charge is 2.18. The second kappa shape index (κ2) is 5.73. The van der Waals surface area contributed by atoms with Crippen molar-refractivity contribution in [3.8, 4) is 0 Å². The van der Waals surface area contributed by atoms with Crippen molar-refractivity contribution in [1.82, 2.24) is 0 Å². The Balaban J connectivity index is 3.23. The number of hydrogen-bond acceptors (Lipinski definition) is 2. The molecule has 0 bridgehead atoms. The van der Waals surface area contributed by atoms with Gasteiger partial charge < -0.3 is 4.74 Å². The molecule has 0 saturated carbocycles. The maximum Gasteiger partial charge on any atom is 0.340 e. The van der Waals surface area contributed by atoms with Crippen LogP contribution >= 0.6 is 39.1 Å². The van der Waals surface area contributed by atoms with Gasteiger partial charge in [-0.15, -0.1) is 11.6 Å². The highest BCUT2D eigenvalue weighted by Crippen LogP contribution is 2.30. The molecule has 0 aromatic heterocycles. The van der Waals surface area contributed by atoms with E-state index in [1.54, 1.807) is 19.1 Å². The summed E-state index contributed by atoms with van der Waals surface area (Å²) in [6.45, 7) is 2.05. The van der Waals surface area contributed by atoms with Crippen LogP contribution in [-0.4, -0.2) is 12.6 Å². The molecular formula is C10H9BrCl2O2. The van der Waals surface area contributed by atoms with Crippen LogP contribution in [0, 0.1) is 0 Å². The van der Waals surface area contributed by atoms with Crippen LogP contribution in [0.3, 0.4) is 0 Å². The molecule has 0 atom stereocenters. The highest BCUT2D eigenvalue weighted by molar-refractivity contribution is 9.10. The summed E-state index contributed by atoms with van der Waals surface area (Å²) in [4.78, 5) is 11.6. The predicted octanol–water partition coefficient (Wildman–Crippen LogP) is 4.02. The zero-order chi connectivity index (χ0) is 11.4. The molecule has 0 spiro atoms. The zero-order valence-corrected chi connectivity index (χ0v) is 11.1. The summed E-state index contributed by atoms with van der Waals surface area (Å²) in [5.74, 6) is -0.222. The molecule has 5 heteroatoms. The number of carbonyl (C=O) groups is 1. The van der Waals surface area contributed by atoms with Crippen molar-refractivity contribution in [2.45, 2.75) is 12.8 Å². The summed E-state index contributed by atoms with van der Waals surface area (Å²) in [7, 11) is 0. The minimum absolute atomic E-state index is 0.223. The average Bonchev–Trinajstić information content (AvgIpc) is 2.22. The summed E-state index contributed by atoms with van der Waals surface area (Å²) in [5, 5.41) is 0.339. The van der Waals surface area contributed by atoms with E-state index in [1.165, 1.54) is 0 Å². The van der Waals surface area contributed by atoms with Crippen LogP contribution in [0.25, 0.3) is 0 Å². The largest absolute Gasteiger partial charge is 0.462 e. The maximum absolute atomic E-state index is 11.6. The molecular weight excluding hydrogens is 303 g/mol. The van der Waals surface area contributed by atoms with E-state index in [9.17, 15) is 4.79 Å². The Morgan fingerprint density at radius 1 is 1.53 bits per heavy atom. The van der Waals surface area contributed by atoms with Crippen LogP contribution < -0.4 is 0 Å². The van der Waals surface area contributed by atoms with Crippen molar-refractivity contribution < 1.29 is 9.53 Å². The van der Waals surface area contributed by atoms with Crippen LogP contribution in [-0.2, 0) is 10.6 Å². The molecule has 0 radical (unpaired) electrons. The number of alkyl halides is 1. The minimum Gasteiger partial charge on any atom is -0.462 e. The van der Waals surface area contributed by atoms with Gasteiger partial charge in [0.05, 0.1) is 17.2 Å². The second-order valence-electron chi connectivity index (χ2n) is 2.75. The van der Waals surface area contributed by atoms with Gasteiger partial charge in [-0.05, 0) is 34.5 Å². The third-order valence-electron chi connectivity index (χ3n) is 1.80. The smallest absolute Gasteiger partial charge is 0.340 e. The van der Waals surface area contributed by atoms with Gasteiger partial charge in [-0.1, -0.05) is 17.7 Å². The molecule has 1 aromatic carbocycles. The third kappa shape index (κ3) is 2.86. The van der Waals surface area contributed by atoms with Gasteiger partial charge >= 0.3 is 5.97 Å². The molecule has 0 fully saturated rings. The Hall–Kier alpha value is -0.250. The van der Waals surface area contributed by atoms with Crippen LogP contribution in [0.15, 0.2) is 16.6 Å². The Kier molecular flexibility index (Phi) is 4.90. The third-order valence-corrected chi connectivity index (χ3v) is 3.37. The number of ether oxygens (including phenoxy) is 1. The van der Waals surface area contributed by atoms with Crippen LogP contribution in [0.5, 0.6) is 0 Å². The van der Waals surface area contributed by atoms with E-state index in [0.717, 1.165) is 0 Å². The molecule has 0 aliphatic heterocycles.